The first-order valence-corrected chi connectivity index (χ1v) is 10.1. The van der Waals surface area contributed by atoms with Crippen LogP contribution in [-0.2, 0) is 22.5 Å². The van der Waals surface area contributed by atoms with Crippen LogP contribution >= 0.6 is 6.49 Å². The fraction of sp³-hybridized carbons (Fsp3) is 0.571. The summed E-state index contributed by atoms with van der Waals surface area (Å²) in [5.74, 6) is 0.212. The second kappa shape index (κ2) is 8.27. The fourth-order valence-corrected chi connectivity index (χ4v) is 3.39. The van der Waals surface area contributed by atoms with E-state index in [1.807, 2.05) is 13.8 Å². The van der Waals surface area contributed by atoms with Gasteiger partial charge in [-0.25, -0.2) is 0 Å². The lowest BCUT2D eigenvalue weighted by atomic mass is 10.1. The highest BCUT2D eigenvalue weighted by atomic mass is 32.5. The molecule has 0 radical (unpaired) electrons. The quantitative estimate of drug-likeness (QED) is 0.341. The van der Waals surface area contributed by atoms with Crippen molar-refractivity contribution in [3.63, 3.8) is 0 Å². The predicted molar refractivity (Wildman–Crippen MR) is 89.0 cm³/mol. The predicted octanol–water partition coefficient (Wildman–Crippen LogP) is 5.38. The van der Waals surface area contributed by atoms with Crippen molar-refractivity contribution < 1.29 is 27.1 Å². The molecule has 0 aliphatic carbocycles. The number of nitro benzene ring substituents is 1. The van der Waals surface area contributed by atoms with Crippen molar-refractivity contribution in [3.8, 4) is 5.75 Å². The zero-order chi connectivity index (χ0) is 18.5. The maximum Gasteiger partial charge on any atom is 0.423 e. The molecule has 0 heterocycles. The van der Waals surface area contributed by atoms with Gasteiger partial charge in [-0.1, -0.05) is 20.8 Å². The van der Waals surface area contributed by atoms with Crippen LogP contribution in [0, 0.1) is 16.0 Å². The van der Waals surface area contributed by atoms with Crippen LogP contribution in [0.5, 0.6) is 5.75 Å². The molecule has 0 bridgehead atoms. The number of nitrogens with zero attached hydrogens (tertiary/aromatic N) is 1. The molecule has 0 aliphatic rings. The van der Waals surface area contributed by atoms with Crippen LogP contribution in [0.4, 0.5) is 18.9 Å². The van der Waals surface area contributed by atoms with Crippen LogP contribution in [0.2, 0.25) is 0 Å². The van der Waals surface area contributed by atoms with Gasteiger partial charge in [-0.05, 0) is 36.3 Å². The number of hydrogen-bond acceptors (Lipinski definition) is 5. The van der Waals surface area contributed by atoms with E-state index in [-0.39, 0.29) is 5.75 Å². The van der Waals surface area contributed by atoms with E-state index in [1.165, 1.54) is 0 Å². The number of halogens is 3. The second-order valence-corrected chi connectivity index (χ2v) is 9.43. The van der Waals surface area contributed by atoms with Gasteiger partial charge in [0, 0.05) is 12.2 Å². The lowest BCUT2D eigenvalue weighted by Crippen LogP contribution is -2.10. The minimum Gasteiger partial charge on any atom is -0.443 e. The van der Waals surface area contributed by atoms with Crippen molar-refractivity contribution in [2.24, 2.45) is 5.92 Å². The molecule has 0 N–H and O–H groups in total. The molecule has 24 heavy (non-hydrogen) atoms. The highest BCUT2D eigenvalue weighted by Crippen LogP contribution is 2.49. The molecule has 1 unspecified atom stereocenters. The third-order valence-electron chi connectivity index (χ3n) is 3.09. The number of benzene rings is 1. The van der Waals surface area contributed by atoms with Gasteiger partial charge in [0.05, 0.1) is 11.5 Å². The van der Waals surface area contributed by atoms with E-state index in [0.717, 1.165) is 18.6 Å². The van der Waals surface area contributed by atoms with Gasteiger partial charge in [0.15, 0.2) is 0 Å². The average Bonchev–Trinajstić information content (AvgIpc) is 2.45. The van der Waals surface area contributed by atoms with Gasteiger partial charge >= 0.3 is 6.18 Å². The van der Waals surface area contributed by atoms with E-state index in [0.29, 0.717) is 24.8 Å². The minimum atomic E-state index is -4.87. The topological polar surface area (TPSA) is 61.6 Å². The third kappa shape index (κ3) is 6.03. The Kier molecular flexibility index (Phi) is 7.19. The molecule has 10 heteroatoms. The minimum absolute atomic E-state index is 0.178. The summed E-state index contributed by atoms with van der Waals surface area (Å²) in [6.07, 6.45) is -3.79. The maximum atomic E-state index is 13.0. The van der Waals surface area contributed by atoms with Crippen molar-refractivity contribution in [1.82, 2.24) is 0 Å². The largest absolute Gasteiger partial charge is 0.443 e. The zero-order valence-corrected chi connectivity index (χ0v) is 15.2. The molecule has 1 rings (SSSR count). The summed E-state index contributed by atoms with van der Waals surface area (Å²) in [5.41, 5.74) is -2.40. The van der Waals surface area contributed by atoms with Gasteiger partial charge < -0.3 is 9.05 Å². The SMILES string of the molecule is CCP(=S)(OCCC(C)C)Oc1ccc([N+](=O)[O-])c(C(F)(F)F)c1. The fourth-order valence-electron chi connectivity index (χ4n) is 1.73. The van der Waals surface area contributed by atoms with Gasteiger partial charge in [-0.2, -0.15) is 13.2 Å². The van der Waals surface area contributed by atoms with Gasteiger partial charge in [-0.15, -0.1) is 0 Å². The Morgan fingerprint density at radius 1 is 1.38 bits per heavy atom. The average molecular weight is 385 g/mol. The summed E-state index contributed by atoms with van der Waals surface area (Å²) in [5, 5.41) is 10.8. The molecule has 1 aromatic carbocycles. The molecule has 0 fully saturated rings. The van der Waals surface area contributed by atoms with E-state index in [1.54, 1.807) is 6.92 Å². The Hall–Kier alpha value is -1.18. The first-order valence-electron chi connectivity index (χ1n) is 7.27. The summed E-state index contributed by atoms with van der Waals surface area (Å²) in [4.78, 5) is 9.67. The zero-order valence-electron chi connectivity index (χ0n) is 13.5. The van der Waals surface area contributed by atoms with E-state index < -0.39 is 28.8 Å². The first-order chi connectivity index (χ1) is 11.0. The van der Waals surface area contributed by atoms with Crippen LogP contribution < -0.4 is 4.52 Å². The molecular formula is C14H19F3NO4PS. The van der Waals surface area contributed by atoms with Crippen LogP contribution in [0.15, 0.2) is 18.2 Å². The third-order valence-corrected chi connectivity index (χ3v) is 6.24. The van der Waals surface area contributed by atoms with Crippen molar-refractivity contribution in [2.45, 2.75) is 33.4 Å². The molecule has 0 saturated heterocycles. The van der Waals surface area contributed by atoms with Crippen molar-refractivity contribution in [3.05, 3.63) is 33.9 Å². The van der Waals surface area contributed by atoms with Gasteiger partial charge in [0.2, 0.25) is 6.49 Å². The molecule has 5 nitrogen and oxygen atoms in total. The van der Waals surface area contributed by atoms with Gasteiger partial charge in [-0.3, -0.25) is 10.1 Å². The molecule has 0 aliphatic heterocycles. The normalized spacial score (nSPS) is 14.5. The van der Waals surface area contributed by atoms with E-state index in [2.05, 4.69) is 0 Å². The Morgan fingerprint density at radius 2 is 2.00 bits per heavy atom. The molecule has 0 spiro atoms. The van der Waals surface area contributed by atoms with E-state index >= 15 is 0 Å². The van der Waals surface area contributed by atoms with Crippen molar-refractivity contribution >= 4 is 24.0 Å². The van der Waals surface area contributed by atoms with Crippen LogP contribution in [0.3, 0.4) is 0 Å². The van der Waals surface area contributed by atoms with E-state index in [9.17, 15) is 23.3 Å². The monoisotopic (exact) mass is 385 g/mol. The lowest BCUT2D eigenvalue weighted by molar-refractivity contribution is -0.388. The molecule has 1 atom stereocenters. The number of hydrogen-bond donors (Lipinski definition) is 0. The smallest absolute Gasteiger partial charge is 0.423 e. The summed E-state index contributed by atoms with van der Waals surface area (Å²) in [6.45, 7) is 3.30. The van der Waals surface area contributed by atoms with Gasteiger partial charge in [0.1, 0.15) is 11.3 Å². The first kappa shape index (κ1) is 20.9. The summed E-state index contributed by atoms with van der Waals surface area (Å²) < 4.78 is 50.0. The highest BCUT2D eigenvalue weighted by molar-refractivity contribution is 8.10. The highest BCUT2D eigenvalue weighted by Gasteiger charge is 2.39. The molecule has 0 saturated carbocycles. The van der Waals surface area contributed by atoms with Crippen LogP contribution in [0.25, 0.3) is 0 Å². The van der Waals surface area contributed by atoms with Crippen molar-refractivity contribution in [1.29, 1.82) is 0 Å². The van der Waals surface area contributed by atoms with Gasteiger partial charge in [0.25, 0.3) is 5.69 Å². The Morgan fingerprint density at radius 3 is 2.46 bits per heavy atom. The van der Waals surface area contributed by atoms with Crippen molar-refractivity contribution in [2.75, 3.05) is 12.8 Å². The lowest BCUT2D eigenvalue weighted by Gasteiger charge is -2.22. The van der Waals surface area contributed by atoms with Crippen LogP contribution in [-0.4, -0.2) is 17.7 Å². The number of alkyl halides is 3. The van der Waals surface area contributed by atoms with Crippen LogP contribution in [0.1, 0.15) is 32.8 Å². The summed E-state index contributed by atoms with van der Waals surface area (Å²) in [6, 6.07) is 2.47. The Bertz CT molecular complexity index is 637. The number of rotatable bonds is 8. The summed E-state index contributed by atoms with van der Waals surface area (Å²) in [7, 11) is 0. The number of nitro groups is 1. The Balaban J connectivity index is 3.05. The molecular weight excluding hydrogens is 366 g/mol. The molecule has 136 valence electrons. The maximum absolute atomic E-state index is 13.0. The Labute approximate surface area is 143 Å². The van der Waals surface area contributed by atoms with E-state index in [4.69, 9.17) is 20.9 Å². The molecule has 1 aromatic rings. The second-order valence-electron chi connectivity index (χ2n) is 5.47. The standard InChI is InChI=1S/C14H19F3NO4PS/c1-4-23(24,21-8-7-10(2)3)22-11-5-6-13(18(19)20)12(9-11)14(15,16)17/h5-6,9-10H,4,7-8H2,1-3H3. The summed E-state index contributed by atoms with van der Waals surface area (Å²) >= 11 is 5.31. The molecule has 0 amide bonds. The molecule has 0 aromatic heterocycles.